The van der Waals surface area contributed by atoms with E-state index in [0.717, 1.165) is 17.1 Å². The number of hydrogen-bond donors (Lipinski definition) is 1. The molecule has 0 aromatic heterocycles. The van der Waals surface area contributed by atoms with Crippen LogP contribution in [0.1, 0.15) is 5.56 Å². The Morgan fingerprint density at radius 2 is 2.04 bits per heavy atom. The largest absolute Gasteiger partial charge is 0.497 e. The van der Waals surface area contributed by atoms with Crippen LogP contribution in [0.2, 0.25) is 0 Å². The van der Waals surface area contributed by atoms with Gasteiger partial charge < -0.3 is 24.4 Å². The second-order valence-electron chi connectivity index (χ2n) is 5.89. The highest BCUT2D eigenvalue weighted by atomic mass is 16.6. The molecule has 2 aromatic carbocycles. The van der Waals surface area contributed by atoms with E-state index in [1.165, 1.54) is 0 Å². The van der Waals surface area contributed by atoms with Gasteiger partial charge in [0.2, 0.25) is 0 Å². The Labute approximate surface area is 147 Å². The highest BCUT2D eigenvalue weighted by Crippen LogP contribution is 2.30. The fraction of sp³-hybridized carbons (Fsp3) is 0.316. The molecule has 132 valence electrons. The minimum Gasteiger partial charge on any atom is -0.497 e. The number of nitrogens with one attached hydrogen (secondary N) is 1. The summed E-state index contributed by atoms with van der Waals surface area (Å²) in [6.07, 6.45) is -0.192. The Morgan fingerprint density at radius 1 is 1.24 bits per heavy atom. The van der Waals surface area contributed by atoms with E-state index in [-0.39, 0.29) is 12.1 Å². The van der Waals surface area contributed by atoms with Crippen LogP contribution in [0.15, 0.2) is 48.5 Å². The molecular weight excluding hydrogens is 320 g/mol. The lowest BCUT2D eigenvalue weighted by Gasteiger charge is -2.29. The van der Waals surface area contributed by atoms with Crippen molar-refractivity contribution in [2.75, 3.05) is 27.3 Å². The molecule has 1 aliphatic rings. The lowest BCUT2D eigenvalue weighted by atomic mass is 10.2. The number of urea groups is 1. The Bertz CT molecular complexity index is 735. The molecule has 0 fully saturated rings. The summed E-state index contributed by atoms with van der Waals surface area (Å²) in [4.78, 5) is 13.9. The molecule has 0 radical (unpaired) electrons. The molecule has 1 aliphatic heterocycles. The average Bonchev–Trinajstić information content (AvgIpc) is 2.66. The molecule has 0 aliphatic carbocycles. The molecule has 3 rings (SSSR count). The summed E-state index contributed by atoms with van der Waals surface area (Å²) in [6.45, 7) is 1.30. The van der Waals surface area contributed by atoms with Gasteiger partial charge in [-0.15, -0.1) is 0 Å². The van der Waals surface area contributed by atoms with Crippen molar-refractivity contribution in [2.45, 2.75) is 12.6 Å². The van der Waals surface area contributed by atoms with Gasteiger partial charge in [0.1, 0.15) is 12.4 Å². The first-order chi connectivity index (χ1) is 12.2. The average molecular weight is 342 g/mol. The van der Waals surface area contributed by atoms with Crippen LogP contribution >= 0.6 is 0 Å². The molecule has 2 amide bonds. The van der Waals surface area contributed by atoms with Crippen molar-refractivity contribution in [1.29, 1.82) is 0 Å². The van der Waals surface area contributed by atoms with E-state index < -0.39 is 0 Å². The maximum absolute atomic E-state index is 12.3. The van der Waals surface area contributed by atoms with Gasteiger partial charge in [-0.1, -0.05) is 24.3 Å². The summed E-state index contributed by atoms with van der Waals surface area (Å²) in [5.74, 6) is 2.22. The Kier molecular flexibility index (Phi) is 5.28. The zero-order valence-electron chi connectivity index (χ0n) is 14.4. The number of benzene rings is 2. The number of likely N-dealkylation sites (N-methyl/N-ethyl adjacent to an activating group) is 1. The predicted molar refractivity (Wildman–Crippen MR) is 94.2 cm³/mol. The van der Waals surface area contributed by atoms with Gasteiger partial charge in [-0.05, 0) is 29.8 Å². The van der Waals surface area contributed by atoms with Crippen molar-refractivity contribution < 1.29 is 19.0 Å². The first-order valence-electron chi connectivity index (χ1n) is 8.16. The monoisotopic (exact) mass is 342 g/mol. The predicted octanol–water partition coefficient (Wildman–Crippen LogP) is 2.68. The van der Waals surface area contributed by atoms with Crippen molar-refractivity contribution in [2.24, 2.45) is 0 Å². The van der Waals surface area contributed by atoms with Crippen LogP contribution in [0.5, 0.6) is 17.2 Å². The molecular formula is C19H22N2O4. The molecule has 1 heterocycles. The zero-order chi connectivity index (χ0) is 17.6. The minimum atomic E-state index is -0.192. The summed E-state index contributed by atoms with van der Waals surface area (Å²) < 4.78 is 16.7. The van der Waals surface area contributed by atoms with E-state index in [4.69, 9.17) is 14.2 Å². The Hall–Kier alpha value is -2.89. The van der Waals surface area contributed by atoms with E-state index in [9.17, 15) is 4.79 Å². The molecule has 0 bridgehead atoms. The SMILES string of the molecule is COc1cccc(CNC(=O)N(C)C[C@@H]2COc3ccccc3O2)c1. The molecule has 0 saturated carbocycles. The molecule has 0 unspecified atom stereocenters. The Morgan fingerprint density at radius 3 is 2.84 bits per heavy atom. The highest BCUT2D eigenvalue weighted by molar-refractivity contribution is 5.73. The molecule has 0 spiro atoms. The third-order valence-corrected chi connectivity index (χ3v) is 3.97. The number of methoxy groups -OCH3 is 1. The van der Waals surface area contributed by atoms with Crippen LogP contribution in [0.3, 0.4) is 0 Å². The number of para-hydroxylation sites is 2. The maximum atomic E-state index is 12.3. The van der Waals surface area contributed by atoms with Crippen molar-refractivity contribution in [3.05, 3.63) is 54.1 Å². The van der Waals surface area contributed by atoms with E-state index in [2.05, 4.69) is 5.32 Å². The normalized spacial score (nSPS) is 15.4. The standard InChI is InChI=1S/C19H22N2O4/c1-21(12-16-13-24-17-8-3-4-9-18(17)25-16)19(22)20-11-14-6-5-7-15(10-14)23-2/h3-10,16H,11-13H2,1-2H3,(H,20,22)/t16-/m1/s1. The van der Waals surface area contributed by atoms with Crippen LogP contribution < -0.4 is 19.5 Å². The summed E-state index contributed by atoms with van der Waals surface area (Å²) in [6, 6.07) is 15.0. The van der Waals surface area contributed by atoms with Crippen molar-refractivity contribution in [3.63, 3.8) is 0 Å². The smallest absolute Gasteiger partial charge is 0.317 e. The fourth-order valence-electron chi connectivity index (χ4n) is 2.64. The maximum Gasteiger partial charge on any atom is 0.317 e. The molecule has 1 atom stereocenters. The molecule has 1 N–H and O–H groups in total. The van der Waals surface area contributed by atoms with Gasteiger partial charge in [0, 0.05) is 13.6 Å². The van der Waals surface area contributed by atoms with Gasteiger partial charge >= 0.3 is 6.03 Å². The van der Waals surface area contributed by atoms with Gasteiger partial charge in [-0.25, -0.2) is 4.79 Å². The van der Waals surface area contributed by atoms with Crippen LogP contribution in [-0.4, -0.2) is 44.3 Å². The van der Waals surface area contributed by atoms with Gasteiger partial charge in [0.15, 0.2) is 17.6 Å². The lowest BCUT2D eigenvalue weighted by molar-refractivity contribution is 0.0715. The quantitative estimate of drug-likeness (QED) is 0.908. The molecule has 0 saturated heterocycles. The lowest BCUT2D eigenvalue weighted by Crippen LogP contribution is -2.45. The summed E-state index contributed by atoms with van der Waals surface area (Å²) in [7, 11) is 3.36. The number of ether oxygens (including phenoxy) is 3. The fourth-order valence-corrected chi connectivity index (χ4v) is 2.64. The summed E-state index contributed by atoms with van der Waals surface area (Å²) in [5, 5.41) is 2.89. The van der Waals surface area contributed by atoms with E-state index >= 15 is 0 Å². The number of amides is 2. The third-order valence-electron chi connectivity index (χ3n) is 3.97. The van der Waals surface area contributed by atoms with E-state index in [1.807, 2.05) is 48.5 Å². The first kappa shape index (κ1) is 17.0. The second kappa shape index (κ2) is 7.79. The topological polar surface area (TPSA) is 60.0 Å². The van der Waals surface area contributed by atoms with Crippen molar-refractivity contribution in [1.82, 2.24) is 10.2 Å². The molecule has 6 nitrogen and oxygen atoms in total. The molecule has 6 heteroatoms. The number of rotatable bonds is 5. The summed E-state index contributed by atoms with van der Waals surface area (Å²) >= 11 is 0. The second-order valence-corrected chi connectivity index (χ2v) is 5.89. The summed E-state index contributed by atoms with van der Waals surface area (Å²) in [5.41, 5.74) is 0.979. The van der Waals surface area contributed by atoms with Gasteiger partial charge in [0.05, 0.1) is 13.7 Å². The Balaban J connectivity index is 1.49. The number of hydrogen-bond acceptors (Lipinski definition) is 4. The number of nitrogens with zero attached hydrogens (tertiary/aromatic N) is 1. The number of fused-ring (bicyclic) bond motifs is 1. The molecule has 25 heavy (non-hydrogen) atoms. The van der Waals surface area contributed by atoms with Crippen LogP contribution in [0.25, 0.3) is 0 Å². The van der Waals surface area contributed by atoms with Crippen LogP contribution in [-0.2, 0) is 6.54 Å². The zero-order valence-corrected chi connectivity index (χ0v) is 14.4. The van der Waals surface area contributed by atoms with E-state index in [1.54, 1.807) is 19.1 Å². The number of carbonyl (C=O) groups is 1. The minimum absolute atomic E-state index is 0.162. The first-order valence-corrected chi connectivity index (χ1v) is 8.16. The van der Waals surface area contributed by atoms with Crippen LogP contribution in [0.4, 0.5) is 4.79 Å². The van der Waals surface area contributed by atoms with Crippen molar-refractivity contribution >= 4 is 6.03 Å². The molecule has 2 aromatic rings. The number of carbonyl (C=O) groups excluding carboxylic acids is 1. The van der Waals surface area contributed by atoms with E-state index in [0.29, 0.717) is 25.4 Å². The van der Waals surface area contributed by atoms with Gasteiger partial charge in [-0.3, -0.25) is 0 Å². The highest BCUT2D eigenvalue weighted by Gasteiger charge is 2.23. The van der Waals surface area contributed by atoms with Crippen molar-refractivity contribution in [3.8, 4) is 17.2 Å². The van der Waals surface area contributed by atoms with Gasteiger partial charge in [0.25, 0.3) is 0 Å². The third kappa shape index (κ3) is 4.35. The van der Waals surface area contributed by atoms with Gasteiger partial charge in [-0.2, -0.15) is 0 Å². The van der Waals surface area contributed by atoms with Crippen LogP contribution in [0, 0.1) is 0 Å².